The van der Waals surface area contributed by atoms with Crippen LogP contribution in [0.4, 0.5) is 5.69 Å². The van der Waals surface area contributed by atoms with Crippen LogP contribution in [-0.4, -0.2) is 25.2 Å². The zero-order chi connectivity index (χ0) is 14.2. The number of esters is 1. The Hall–Kier alpha value is -2.04. The minimum Gasteiger partial charge on any atom is -0.471 e. The van der Waals surface area contributed by atoms with Gasteiger partial charge < -0.3 is 15.2 Å². The topological polar surface area (TPSA) is 78.6 Å². The molecule has 5 heteroatoms. The van der Waals surface area contributed by atoms with E-state index in [1.165, 1.54) is 7.11 Å². The lowest BCUT2D eigenvalue weighted by Crippen LogP contribution is -2.23. The lowest BCUT2D eigenvalue weighted by Gasteiger charge is -2.19. The van der Waals surface area contributed by atoms with Crippen LogP contribution >= 0.6 is 0 Å². The largest absolute Gasteiger partial charge is 0.471 e. The van der Waals surface area contributed by atoms with Crippen molar-refractivity contribution in [3.8, 4) is 0 Å². The van der Waals surface area contributed by atoms with E-state index < -0.39 is 5.60 Å². The van der Waals surface area contributed by atoms with Crippen LogP contribution in [0.5, 0.6) is 0 Å². The van der Waals surface area contributed by atoms with E-state index >= 15 is 0 Å². The van der Waals surface area contributed by atoms with Crippen LogP contribution in [-0.2, 0) is 14.3 Å². The fraction of sp³-hybridized carbons (Fsp3) is 0.385. The standard InChI is InChI=1S/C11H15NO2.C2H4O2/c1-11(2,3)14-10(13)8-4-6-9(12)7-5-8;1-4-2-3/h4-7H,12H2,1-3H3;2H,1H3. The molecule has 2 N–H and O–H groups in total. The SMILES string of the molecule is CC(C)(C)OC(=O)c1ccc(N)cc1.COC=O. The molecule has 1 rings (SSSR count). The third-order valence-electron chi connectivity index (χ3n) is 1.64. The summed E-state index contributed by atoms with van der Waals surface area (Å²) in [5, 5.41) is 0. The fourth-order valence-electron chi connectivity index (χ4n) is 0.956. The molecule has 5 nitrogen and oxygen atoms in total. The van der Waals surface area contributed by atoms with E-state index in [0.717, 1.165) is 0 Å². The van der Waals surface area contributed by atoms with Crippen LogP contribution in [0.2, 0.25) is 0 Å². The van der Waals surface area contributed by atoms with Gasteiger partial charge in [0.25, 0.3) is 6.47 Å². The third-order valence-corrected chi connectivity index (χ3v) is 1.64. The quantitative estimate of drug-likeness (QED) is 0.495. The molecule has 0 aliphatic carbocycles. The number of nitrogen functional groups attached to an aromatic ring is 1. The summed E-state index contributed by atoms with van der Waals surface area (Å²) in [6.45, 7) is 5.88. The molecule has 0 heterocycles. The Morgan fingerprint density at radius 1 is 1.22 bits per heavy atom. The zero-order valence-corrected chi connectivity index (χ0v) is 11.1. The molecule has 0 radical (unpaired) electrons. The number of methoxy groups -OCH3 is 1. The highest BCUT2D eigenvalue weighted by Gasteiger charge is 2.17. The molecule has 1 aromatic rings. The molecule has 0 spiro atoms. The molecule has 18 heavy (non-hydrogen) atoms. The van der Waals surface area contributed by atoms with Gasteiger partial charge in [0.15, 0.2) is 0 Å². The van der Waals surface area contributed by atoms with Gasteiger partial charge in [-0.1, -0.05) is 0 Å². The van der Waals surface area contributed by atoms with Gasteiger partial charge in [-0.15, -0.1) is 0 Å². The van der Waals surface area contributed by atoms with Crippen molar-refractivity contribution in [2.24, 2.45) is 0 Å². The van der Waals surface area contributed by atoms with Crippen LogP contribution in [0, 0.1) is 0 Å². The molecule has 0 aliphatic heterocycles. The third kappa shape index (κ3) is 7.27. The second kappa shape index (κ2) is 7.32. The second-order valence-corrected chi connectivity index (χ2v) is 4.46. The monoisotopic (exact) mass is 253 g/mol. The normalized spacial score (nSPS) is 9.78. The first-order valence-corrected chi connectivity index (χ1v) is 5.35. The predicted molar refractivity (Wildman–Crippen MR) is 69.1 cm³/mol. The number of nitrogens with two attached hydrogens (primary N) is 1. The van der Waals surface area contributed by atoms with Gasteiger partial charge in [0.05, 0.1) is 12.7 Å². The summed E-state index contributed by atoms with van der Waals surface area (Å²) < 4.78 is 9.04. The number of carbonyl (C=O) groups excluding carboxylic acids is 2. The summed E-state index contributed by atoms with van der Waals surface area (Å²) in [7, 11) is 1.31. The van der Waals surface area contributed by atoms with Crippen LogP contribution in [0.1, 0.15) is 31.1 Å². The first-order chi connectivity index (χ1) is 8.30. The summed E-state index contributed by atoms with van der Waals surface area (Å²) in [4.78, 5) is 20.5. The molecule has 100 valence electrons. The van der Waals surface area contributed by atoms with E-state index in [2.05, 4.69) is 4.74 Å². The lowest BCUT2D eigenvalue weighted by atomic mass is 10.1. The Morgan fingerprint density at radius 2 is 1.67 bits per heavy atom. The van der Waals surface area contributed by atoms with Gasteiger partial charge in [0, 0.05) is 5.69 Å². The highest BCUT2D eigenvalue weighted by Crippen LogP contribution is 2.13. The first-order valence-electron chi connectivity index (χ1n) is 5.35. The van der Waals surface area contributed by atoms with Gasteiger partial charge in [0.1, 0.15) is 5.60 Å². The maximum absolute atomic E-state index is 11.5. The van der Waals surface area contributed by atoms with Crippen LogP contribution in [0.15, 0.2) is 24.3 Å². The van der Waals surface area contributed by atoms with Crippen LogP contribution < -0.4 is 5.73 Å². The first kappa shape index (κ1) is 16.0. The molecule has 0 atom stereocenters. The molecule has 0 fully saturated rings. The summed E-state index contributed by atoms with van der Waals surface area (Å²) in [5.41, 5.74) is 6.20. The van der Waals surface area contributed by atoms with Crippen molar-refractivity contribution in [1.29, 1.82) is 0 Å². The fourth-order valence-corrected chi connectivity index (χ4v) is 0.956. The van der Waals surface area contributed by atoms with Crippen molar-refractivity contribution in [3.05, 3.63) is 29.8 Å². The Bertz CT molecular complexity index is 379. The lowest BCUT2D eigenvalue weighted by molar-refractivity contribution is -0.126. The minimum absolute atomic E-state index is 0.322. The number of carbonyl (C=O) groups is 2. The van der Waals surface area contributed by atoms with E-state index in [0.29, 0.717) is 17.7 Å². The Morgan fingerprint density at radius 3 is 2.00 bits per heavy atom. The zero-order valence-electron chi connectivity index (χ0n) is 11.1. The van der Waals surface area contributed by atoms with E-state index in [1.807, 2.05) is 20.8 Å². The van der Waals surface area contributed by atoms with Crippen molar-refractivity contribution in [2.75, 3.05) is 12.8 Å². The molecule has 0 aliphatic rings. The van der Waals surface area contributed by atoms with Gasteiger partial charge >= 0.3 is 5.97 Å². The predicted octanol–water partition coefficient (Wildman–Crippen LogP) is 2.01. The van der Waals surface area contributed by atoms with Crippen LogP contribution in [0.3, 0.4) is 0 Å². The molecule has 0 saturated carbocycles. The van der Waals surface area contributed by atoms with E-state index in [4.69, 9.17) is 15.3 Å². The number of hydrogen-bond donors (Lipinski definition) is 1. The van der Waals surface area contributed by atoms with Gasteiger partial charge in [0.2, 0.25) is 0 Å². The summed E-state index contributed by atoms with van der Waals surface area (Å²) in [6, 6.07) is 6.67. The number of hydrogen-bond acceptors (Lipinski definition) is 5. The molecule has 0 aromatic heterocycles. The van der Waals surface area contributed by atoms with Gasteiger partial charge in [-0.2, -0.15) is 0 Å². The summed E-state index contributed by atoms with van der Waals surface area (Å²) in [5.74, 6) is -0.322. The molecule has 0 bridgehead atoms. The Labute approximate surface area is 107 Å². The average Bonchev–Trinajstić information content (AvgIpc) is 2.28. The average molecular weight is 253 g/mol. The van der Waals surface area contributed by atoms with Gasteiger partial charge in [-0.3, -0.25) is 4.79 Å². The summed E-state index contributed by atoms with van der Waals surface area (Å²) >= 11 is 0. The van der Waals surface area contributed by atoms with Crippen LogP contribution in [0.25, 0.3) is 0 Å². The van der Waals surface area contributed by atoms with E-state index in [1.54, 1.807) is 24.3 Å². The molecular formula is C13H19NO4. The Kier molecular flexibility index (Phi) is 6.49. The molecular weight excluding hydrogens is 234 g/mol. The van der Waals surface area contributed by atoms with Gasteiger partial charge in [-0.05, 0) is 45.0 Å². The van der Waals surface area contributed by atoms with Crippen molar-refractivity contribution in [1.82, 2.24) is 0 Å². The number of ether oxygens (including phenoxy) is 2. The molecule has 0 amide bonds. The van der Waals surface area contributed by atoms with E-state index in [9.17, 15) is 4.79 Å². The van der Waals surface area contributed by atoms with Crippen molar-refractivity contribution < 1.29 is 19.1 Å². The second-order valence-electron chi connectivity index (χ2n) is 4.46. The van der Waals surface area contributed by atoms with E-state index in [-0.39, 0.29) is 5.97 Å². The highest BCUT2D eigenvalue weighted by molar-refractivity contribution is 5.90. The molecule has 1 aromatic carbocycles. The maximum Gasteiger partial charge on any atom is 0.338 e. The number of benzene rings is 1. The maximum atomic E-state index is 11.5. The smallest absolute Gasteiger partial charge is 0.338 e. The van der Waals surface area contributed by atoms with Gasteiger partial charge in [-0.25, -0.2) is 4.79 Å². The summed E-state index contributed by atoms with van der Waals surface area (Å²) in [6.07, 6.45) is 0. The Balaban J connectivity index is 0.000000631. The number of rotatable bonds is 2. The minimum atomic E-state index is -0.460. The van der Waals surface area contributed by atoms with Crippen molar-refractivity contribution >= 4 is 18.1 Å². The molecule has 0 unspecified atom stereocenters. The molecule has 0 saturated heterocycles. The van der Waals surface area contributed by atoms with Crippen molar-refractivity contribution in [2.45, 2.75) is 26.4 Å². The highest BCUT2D eigenvalue weighted by atomic mass is 16.6. The van der Waals surface area contributed by atoms with Crippen molar-refractivity contribution in [3.63, 3.8) is 0 Å². The number of anilines is 1.